The normalized spacial score (nSPS) is 13.2. The number of phenolic OH excluding ortho intramolecular Hbond substituents is 1. The Morgan fingerprint density at radius 1 is 1.36 bits per heavy atom. The maximum absolute atomic E-state index is 14.2. The van der Waals surface area contributed by atoms with E-state index in [1.165, 1.54) is 31.6 Å². The maximum Gasteiger partial charge on any atom is 0.239 e. The van der Waals surface area contributed by atoms with Gasteiger partial charge in [-0.2, -0.15) is 0 Å². The van der Waals surface area contributed by atoms with Gasteiger partial charge in [0.25, 0.3) is 0 Å². The predicted molar refractivity (Wildman–Crippen MR) is 106 cm³/mol. The molecule has 0 aliphatic rings. The molecule has 7 nitrogen and oxygen atoms in total. The first-order chi connectivity index (χ1) is 13.2. The second-order valence-corrected chi connectivity index (χ2v) is 7.03. The van der Waals surface area contributed by atoms with E-state index in [-0.39, 0.29) is 28.8 Å². The summed E-state index contributed by atoms with van der Waals surface area (Å²) in [7, 11) is 1.49. The minimum absolute atomic E-state index is 0.0221. The monoisotopic (exact) mass is 403 g/mol. The van der Waals surface area contributed by atoms with Crippen LogP contribution in [0, 0.1) is 5.82 Å². The zero-order valence-electron chi connectivity index (χ0n) is 15.3. The third-order valence-corrected chi connectivity index (χ3v) is 4.64. The molecule has 0 saturated heterocycles. The number of amides is 1. The number of nitrogens with zero attached hydrogens (tertiary/aromatic N) is 2. The largest absolute Gasteiger partial charge is 0.508 e. The third-order valence-electron chi connectivity index (χ3n) is 4.34. The van der Waals surface area contributed by atoms with Crippen LogP contribution in [-0.4, -0.2) is 33.6 Å². The van der Waals surface area contributed by atoms with E-state index in [1.807, 2.05) is 0 Å². The molecule has 2 aromatic carbocycles. The van der Waals surface area contributed by atoms with Gasteiger partial charge in [-0.3, -0.25) is 4.79 Å². The van der Waals surface area contributed by atoms with Crippen molar-refractivity contribution in [1.82, 2.24) is 15.3 Å². The molecule has 0 radical (unpaired) electrons. The third kappa shape index (κ3) is 3.83. The molecule has 3 aromatic rings. The number of benzene rings is 2. The number of phenols is 1. The van der Waals surface area contributed by atoms with Crippen LogP contribution in [0.1, 0.15) is 12.5 Å². The lowest BCUT2D eigenvalue weighted by Gasteiger charge is -2.23. The van der Waals surface area contributed by atoms with Crippen molar-refractivity contribution in [2.24, 2.45) is 5.73 Å². The van der Waals surface area contributed by atoms with Crippen molar-refractivity contribution in [1.29, 1.82) is 0 Å². The Bertz CT molecular complexity index is 1060. The molecular formula is C19H19ClFN5O2. The zero-order chi connectivity index (χ0) is 20.5. The van der Waals surface area contributed by atoms with Crippen molar-refractivity contribution in [3.8, 4) is 5.75 Å². The van der Waals surface area contributed by atoms with Gasteiger partial charge in [0.15, 0.2) is 5.82 Å². The molecular weight excluding hydrogens is 385 g/mol. The van der Waals surface area contributed by atoms with Gasteiger partial charge in [-0.1, -0.05) is 17.7 Å². The summed E-state index contributed by atoms with van der Waals surface area (Å²) in [5.41, 5.74) is 5.87. The van der Waals surface area contributed by atoms with Crippen molar-refractivity contribution in [2.45, 2.75) is 18.9 Å². The Labute approximate surface area is 165 Å². The number of anilines is 2. The minimum Gasteiger partial charge on any atom is -0.508 e. The number of aromatic hydroxyl groups is 1. The number of carbonyl (C=O) groups is 1. The van der Waals surface area contributed by atoms with Crippen molar-refractivity contribution in [3.63, 3.8) is 0 Å². The summed E-state index contributed by atoms with van der Waals surface area (Å²) in [6, 6.07) is 7.66. The number of halogens is 2. The molecule has 1 heterocycles. The fourth-order valence-corrected chi connectivity index (χ4v) is 3.04. The molecule has 1 atom stereocenters. The summed E-state index contributed by atoms with van der Waals surface area (Å²) >= 11 is 5.83. The number of carbonyl (C=O) groups excluding carboxylic acids is 1. The highest BCUT2D eigenvalue weighted by Gasteiger charge is 2.29. The number of aromatic nitrogens is 2. The minimum atomic E-state index is -1.23. The van der Waals surface area contributed by atoms with Crippen LogP contribution in [0.4, 0.5) is 15.9 Å². The molecule has 0 bridgehead atoms. The lowest BCUT2D eigenvalue weighted by Crippen LogP contribution is -2.52. The molecule has 0 fully saturated rings. The molecule has 0 aliphatic carbocycles. The van der Waals surface area contributed by atoms with Crippen molar-refractivity contribution in [2.75, 3.05) is 12.4 Å². The van der Waals surface area contributed by atoms with E-state index in [9.17, 15) is 14.3 Å². The van der Waals surface area contributed by atoms with E-state index in [1.54, 1.807) is 19.1 Å². The van der Waals surface area contributed by atoms with Crippen LogP contribution in [0.15, 0.2) is 36.7 Å². The fourth-order valence-electron chi connectivity index (χ4n) is 2.87. The quantitative estimate of drug-likeness (QED) is 0.521. The zero-order valence-corrected chi connectivity index (χ0v) is 16.0. The number of nitrogens with one attached hydrogen (secondary N) is 2. The van der Waals surface area contributed by atoms with Gasteiger partial charge in [0.1, 0.15) is 17.9 Å². The van der Waals surface area contributed by atoms with Crippen LogP contribution in [0.3, 0.4) is 0 Å². The number of likely N-dealkylation sites (N-methyl/N-ethyl adjacent to an activating group) is 1. The summed E-state index contributed by atoms with van der Waals surface area (Å²) in [5.74, 6) is -0.697. The van der Waals surface area contributed by atoms with Crippen LogP contribution >= 0.6 is 11.6 Å². The van der Waals surface area contributed by atoms with E-state index in [0.717, 1.165) is 0 Å². The van der Waals surface area contributed by atoms with Crippen LogP contribution in [0.25, 0.3) is 10.9 Å². The Kier molecular flexibility index (Phi) is 5.35. The summed E-state index contributed by atoms with van der Waals surface area (Å²) in [6.45, 7) is 1.57. The first-order valence-electron chi connectivity index (χ1n) is 8.41. The number of hydrogen-bond acceptors (Lipinski definition) is 6. The number of nitrogens with two attached hydrogens (primary N) is 1. The van der Waals surface area contributed by atoms with Gasteiger partial charge in [-0.05, 0) is 30.7 Å². The average Bonchev–Trinajstić information content (AvgIpc) is 2.65. The van der Waals surface area contributed by atoms with Crippen LogP contribution in [-0.2, 0) is 11.2 Å². The molecule has 9 heteroatoms. The summed E-state index contributed by atoms with van der Waals surface area (Å²) < 4.78 is 14.2. The summed E-state index contributed by atoms with van der Waals surface area (Å²) in [6.07, 6.45) is 1.37. The van der Waals surface area contributed by atoms with E-state index in [2.05, 4.69) is 20.6 Å². The lowest BCUT2D eigenvalue weighted by atomic mass is 9.91. The Hall–Kier alpha value is -2.97. The topological polar surface area (TPSA) is 113 Å². The number of rotatable bonds is 5. The first-order valence-corrected chi connectivity index (χ1v) is 8.79. The second kappa shape index (κ2) is 7.57. The Balaban J connectivity index is 2.06. The van der Waals surface area contributed by atoms with Crippen LogP contribution in [0.5, 0.6) is 5.75 Å². The van der Waals surface area contributed by atoms with Crippen molar-refractivity contribution < 1.29 is 14.3 Å². The van der Waals surface area contributed by atoms with Gasteiger partial charge in [-0.15, -0.1) is 0 Å². The molecule has 5 N–H and O–H groups in total. The SMILES string of the molecule is CNC(=O)[C@@](C)(N)Cc1cc2c(Nc3cccc(Cl)c3F)ncnc2cc1O. The molecule has 1 aromatic heterocycles. The van der Waals surface area contributed by atoms with Gasteiger partial charge < -0.3 is 21.5 Å². The van der Waals surface area contributed by atoms with E-state index in [0.29, 0.717) is 22.3 Å². The maximum atomic E-state index is 14.2. The van der Waals surface area contributed by atoms with E-state index >= 15 is 0 Å². The lowest BCUT2D eigenvalue weighted by molar-refractivity contribution is -0.125. The van der Waals surface area contributed by atoms with E-state index < -0.39 is 11.4 Å². The molecule has 0 saturated carbocycles. The summed E-state index contributed by atoms with van der Waals surface area (Å²) in [5, 5.41) is 16.2. The van der Waals surface area contributed by atoms with Gasteiger partial charge in [-0.25, -0.2) is 14.4 Å². The summed E-state index contributed by atoms with van der Waals surface area (Å²) in [4.78, 5) is 20.3. The molecule has 28 heavy (non-hydrogen) atoms. The Morgan fingerprint density at radius 2 is 2.11 bits per heavy atom. The van der Waals surface area contributed by atoms with E-state index in [4.69, 9.17) is 17.3 Å². The highest BCUT2D eigenvalue weighted by atomic mass is 35.5. The first kappa shape index (κ1) is 19.8. The predicted octanol–water partition coefficient (Wildman–Crippen LogP) is 2.88. The van der Waals surface area contributed by atoms with Gasteiger partial charge >= 0.3 is 0 Å². The molecule has 0 spiro atoms. The molecule has 1 amide bonds. The van der Waals surface area contributed by atoms with Crippen LogP contribution < -0.4 is 16.4 Å². The smallest absolute Gasteiger partial charge is 0.239 e. The fraction of sp³-hybridized carbons (Fsp3) is 0.211. The molecule has 146 valence electrons. The number of hydrogen-bond donors (Lipinski definition) is 4. The molecule has 0 aliphatic heterocycles. The van der Waals surface area contributed by atoms with Gasteiger partial charge in [0.2, 0.25) is 5.91 Å². The standard InChI is InChI=1S/C19H19ClFN5O2/c1-19(22,18(28)23-2)8-10-6-11-14(7-15(10)27)24-9-25-17(11)26-13-5-3-4-12(20)16(13)21/h3-7,9,27H,8,22H2,1-2H3,(H,23,28)(H,24,25,26)/t19-/m0/s1. The van der Waals surface area contributed by atoms with Gasteiger partial charge in [0.05, 0.1) is 21.8 Å². The highest BCUT2D eigenvalue weighted by molar-refractivity contribution is 6.31. The molecule has 3 rings (SSSR count). The average molecular weight is 404 g/mol. The molecule has 0 unspecified atom stereocenters. The van der Waals surface area contributed by atoms with Gasteiger partial charge in [0, 0.05) is 24.9 Å². The van der Waals surface area contributed by atoms with Crippen molar-refractivity contribution in [3.05, 3.63) is 53.1 Å². The highest BCUT2D eigenvalue weighted by Crippen LogP contribution is 2.32. The van der Waals surface area contributed by atoms with Crippen LogP contribution in [0.2, 0.25) is 5.02 Å². The Morgan fingerprint density at radius 3 is 2.82 bits per heavy atom. The number of fused-ring (bicyclic) bond motifs is 1. The second-order valence-electron chi connectivity index (χ2n) is 6.62. The van der Waals surface area contributed by atoms with Crippen molar-refractivity contribution >= 4 is 39.9 Å².